The first-order chi connectivity index (χ1) is 12.1. The zero-order valence-electron chi connectivity index (χ0n) is 14.6. The second-order valence-corrected chi connectivity index (χ2v) is 5.68. The molecule has 0 bridgehead atoms. The molecule has 1 amide bonds. The van der Waals surface area contributed by atoms with Gasteiger partial charge in [0.2, 0.25) is 0 Å². The van der Waals surface area contributed by atoms with Crippen LogP contribution in [0.4, 0.5) is 5.69 Å². The van der Waals surface area contributed by atoms with Crippen LogP contribution in [0.2, 0.25) is 0 Å². The lowest BCUT2D eigenvalue weighted by molar-refractivity contribution is 0.102. The van der Waals surface area contributed by atoms with Gasteiger partial charge in [-0.2, -0.15) is 10.2 Å². The van der Waals surface area contributed by atoms with Gasteiger partial charge in [0, 0.05) is 29.6 Å². The number of amides is 1. The van der Waals surface area contributed by atoms with E-state index in [1.165, 1.54) is 0 Å². The molecule has 0 aliphatic carbocycles. The second kappa shape index (κ2) is 7.21. The van der Waals surface area contributed by atoms with Crippen molar-refractivity contribution < 1.29 is 9.53 Å². The molecule has 0 atom stereocenters. The quantitative estimate of drug-likeness (QED) is 0.749. The molecular formula is C18H21N5O2. The van der Waals surface area contributed by atoms with Gasteiger partial charge in [-0.15, -0.1) is 0 Å². The van der Waals surface area contributed by atoms with Gasteiger partial charge in [-0.05, 0) is 32.0 Å². The van der Waals surface area contributed by atoms with Crippen molar-refractivity contribution in [2.45, 2.75) is 26.9 Å². The van der Waals surface area contributed by atoms with Crippen molar-refractivity contribution in [3.63, 3.8) is 0 Å². The van der Waals surface area contributed by atoms with E-state index in [0.29, 0.717) is 23.5 Å². The minimum absolute atomic E-state index is 0.201. The first-order valence-electron chi connectivity index (χ1n) is 8.10. The molecule has 2 aromatic heterocycles. The minimum Gasteiger partial charge on any atom is -0.497 e. The normalized spacial score (nSPS) is 10.7. The predicted molar refractivity (Wildman–Crippen MR) is 94.9 cm³/mol. The van der Waals surface area contributed by atoms with Crippen molar-refractivity contribution in [3.05, 3.63) is 59.7 Å². The Morgan fingerprint density at radius 2 is 2.12 bits per heavy atom. The number of nitrogens with zero attached hydrogens (tertiary/aromatic N) is 4. The number of ether oxygens (including phenoxy) is 1. The number of anilines is 1. The Labute approximate surface area is 146 Å². The summed E-state index contributed by atoms with van der Waals surface area (Å²) in [7, 11) is 1.57. The first-order valence-corrected chi connectivity index (χ1v) is 8.10. The fourth-order valence-corrected chi connectivity index (χ4v) is 2.62. The number of rotatable bonds is 6. The molecule has 0 aliphatic heterocycles. The number of methoxy groups -OCH3 is 1. The largest absolute Gasteiger partial charge is 0.497 e. The Hall–Kier alpha value is -3.09. The van der Waals surface area contributed by atoms with Crippen LogP contribution in [-0.4, -0.2) is 32.6 Å². The molecule has 0 saturated carbocycles. The van der Waals surface area contributed by atoms with E-state index in [2.05, 4.69) is 22.4 Å². The summed E-state index contributed by atoms with van der Waals surface area (Å²) in [5.41, 5.74) is 3.41. The van der Waals surface area contributed by atoms with E-state index < -0.39 is 0 Å². The smallest absolute Gasteiger partial charge is 0.255 e. The highest BCUT2D eigenvalue weighted by molar-refractivity contribution is 6.04. The van der Waals surface area contributed by atoms with Crippen molar-refractivity contribution in [1.82, 2.24) is 19.6 Å². The topological polar surface area (TPSA) is 74.0 Å². The molecule has 0 fully saturated rings. The second-order valence-electron chi connectivity index (χ2n) is 5.68. The van der Waals surface area contributed by atoms with Gasteiger partial charge in [0.1, 0.15) is 5.75 Å². The number of aryl methyl sites for hydroxylation is 1. The number of aromatic nitrogens is 4. The molecule has 0 radical (unpaired) electrons. The summed E-state index contributed by atoms with van der Waals surface area (Å²) < 4.78 is 8.88. The Morgan fingerprint density at radius 3 is 2.84 bits per heavy atom. The van der Waals surface area contributed by atoms with Gasteiger partial charge >= 0.3 is 0 Å². The van der Waals surface area contributed by atoms with Gasteiger partial charge in [0.05, 0.1) is 31.7 Å². The molecule has 130 valence electrons. The van der Waals surface area contributed by atoms with E-state index in [1.807, 2.05) is 17.8 Å². The van der Waals surface area contributed by atoms with Gasteiger partial charge in [-0.25, -0.2) is 0 Å². The standard InChI is InChI=1S/C18H21N5O2/c1-4-23-13(2)15(9-20-23)11-22-12-16(10-19-22)21-18(24)14-6-5-7-17(8-14)25-3/h5-10,12H,4,11H2,1-3H3,(H,21,24). The van der Waals surface area contributed by atoms with E-state index in [1.54, 1.807) is 48.5 Å². The van der Waals surface area contributed by atoms with Gasteiger partial charge in [-0.1, -0.05) is 6.07 Å². The van der Waals surface area contributed by atoms with Crippen molar-refractivity contribution in [1.29, 1.82) is 0 Å². The maximum Gasteiger partial charge on any atom is 0.255 e. The average Bonchev–Trinajstić information content (AvgIpc) is 3.22. The van der Waals surface area contributed by atoms with E-state index in [4.69, 9.17) is 4.74 Å². The molecule has 1 aromatic carbocycles. The molecule has 0 aliphatic rings. The third-order valence-corrected chi connectivity index (χ3v) is 4.06. The van der Waals surface area contributed by atoms with Crippen LogP contribution in [0.5, 0.6) is 5.75 Å². The van der Waals surface area contributed by atoms with E-state index in [0.717, 1.165) is 17.8 Å². The molecule has 25 heavy (non-hydrogen) atoms. The van der Waals surface area contributed by atoms with Crippen LogP contribution < -0.4 is 10.1 Å². The maximum atomic E-state index is 12.3. The monoisotopic (exact) mass is 339 g/mol. The van der Waals surface area contributed by atoms with E-state index >= 15 is 0 Å². The van der Waals surface area contributed by atoms with Gasteiger partial charge in [0.15, 0.2) is 0 Å². The van der Waals surface area contributed by atoms with Crippen LogP contribution >= 0.6 is 0 Å². The first kappa shape index (κ1) is 16.8. The molecule has 7 nitrogen and oxygen atoms in total. The van der Waals surface area contributed by atoms with Gasteiger partial charge < -0.3 is 10.1 Å². The summed E-state index contributed by atoms with van der Waals surface area (Å²) in [5, 5.41) is 11.5. The maximum absolute atomic E-state index is 12.3. The molecule has 2 heterocycles. The number of nitrogens with one attached hydrogen (secondary N) is 1. The van der Waals surface area contributed by atoms with Crippen LogP contribution in [0.3, 0.4) is 0 Å². The van der Waals surface area contributed by atoms with Crippen molar-refractivity contribution in [2.75, 3.05) is 12.4 Å². The molecule has 3 rings (SSSR count). The number of carbonyl (C=O) groups excluding carboxylic acids is 1. The minimum atomic E-state index is -0.201. The number of benzene rings is 1. The zero-order chi connectivity index (χ0) is 17.8. The summed E-state index contributed by atoms with van der Waals surface area (Å²) >= 11 is 0. The van der Waals surface area contributed by atoms with Crippen molar-refractivity contribution in [3.8, 4) is 5.75 Å². The fraction of sp³-hybridized carbons (Fsp3) is 0.278. The number of carbonyl (C=O) groups is 1. The SMILES string of the molecule is CCn1ncc(Cn2cc(NC(=O)c3cccc(OC)c3)cn2)c1C. The molecule has 3 aromatic rings. The Balaban J connectivity index is 1.68. The fourth-order valence-electron chi connectivity index (χ4n) is 2.62. The molecule has 0 saturated heterocycles. The Bertz CT molecular complexity index is 881. The van der Waals surface area contributed by atoms with Crippen molar-refractivity contribution in [2.24, 2.45) is 0 Å². The van der Waals surface area contributed by atoms with Crippen LogP contribution in [0.25, 0.3) is 0 Å². The van der Waals surface area contributed by atoms with Gasteiger partial charge in [0.25, 0.3) is 5.91 Å². The number of hydrogen-bond acceptors (Lipinski definition) is 4. The van der Waals surface area contributed by atoms with Crippen molar-refractivity contribution >= 4 is 11.6 Å². The summed E-state index contributed by atoms with van der Waals surface area (Å²) in [6.07, 6.45) is 5.30. The molecule has 0 unspecified atom stereocenters. The van der Waals surface area contributed by atoms with Crippen LogP contribution in [0.15, 0.2) is 42.9 Å². The summed E-state index contributed by atoms with van der Waals surface area (Å²) in [5.74, 6) is 0.445. The highest BCUT2D eigenvalue weighted by atomic mass is 16.5. The molecule has 1 N–H and O–H groups in total. The summed E-state index contributed by atoms with van der Waals surface area (Å²) in [4.78, 5) is 12.3. The summed E-state index contributed by atoms with van der Waals surface area (Å²) in [6, 6.07) is 7.02. The van der Waals surface area contributed by atoms with E-state index in [9.17, 15) is 4.79 Å². The lowest BCUT2D eigenvalue weighted by atomic mass is 10.2. The molecular weight excluding hydrogens is 318 g/mol. The zero-order valence-corrected chi connectivity index (χ0v) is 14.6. The number of hydrogen-bond donors (Lipinski definition) is 1. The predicted octanol–water partition coefficient (Wildman–Crippen LogP) is 2.72. The van der Waals surface area contributed by atoms with Crippen LogP contribution in [0, 0.1) is 6.92 Å². The highest BCUT2D eigenvalue weighted by Gasteiger charge is 2.10. The third kappa shape index (κ3) is 3.71. The lowest BCUT2D eigenvalue weighted by Gasteiger charge is -2.05. The van der Waals surface area contributed by atoms with Crippen LogP contribution in [0.1, 0.15) is 28.5 Å². The van der Waals surface area contributed by atoms with Gasteiger partial charge in [-0.3, -0.25) is 14.2 Å². The Morgan fingerprint density at radius 1 is 1.28 bits per heavy atom. The molecule has 7 heteroatoms. The lowest BCUT2D eigenvalue weighted by Crippen LogP contribution is -2.11. The average molecular weight is 339 g/mol. The van der Waals surface area contributed by atoms with E-state index in [-0.39, 0.29) is 5.91 Å². The van der Waals surface area contributed by atoms with Crippen LogP contribution in [-0.2, 0) is 13.1 Å². The Kier molecular flexibility index (Phi) is 4.83. The highest BCUT2D eigenvalue weighted by Crippen LogP contribution is 2.15. The summed E-state index contributed by atoms with van der Waals surface area (Å²) in [6.45, 7) is 5.55. The third-order valence-electron chi connectivity index (χ3n) is 4.06. The molecule has 0 spiro atoms.